The molecule has 1 aliphatic heterocycles. The van der Waals surface area contributed by atoms with Gasteiger partial charge in [-0.05, 0) is 59.7 Å². The molecular formula is C32H34FN3O2S. The smallest absolute Gasteiger partial charge is 0.273 e. The highest BCUT2D eigenvalue weighted by molar-refractivity contribution is 7.09. The molecule has 1 saturated heterocycles. The minimum Gasteiger partial charge on any atom is -0.489 e. The number of halogens is 1. The van der Waals surface area contributed by atoms with E-state index in [-0.39, 0.29) is 11.7 Å². The number of ether oxygens (including phenoxy) is 1. The molecule has 0 N–H and O–H groups in total. The van der Waals surface area contributed by atoms with E-state index in [1.165, 1.54) is 23.5 Å². The first-order chi connectivity index (χ1) is 19.0. The van der Waals surface area contributed by atoms with Crippen LogP contribution in [0.3, 0.4) is 0 Å². The van der Waals surface area contributed by atoms with E-state index in [1.54, 1.807) is 0 Å². The third kappa shape index (κ3) is 7.74. The monoisotopic (exact) mass is 543 g/mol. The summed E-state index contributed by atoms with van der Waals surface area (Å²) < 4.78 is 19.5. The molecule has 1 fully saturated rings. The Morgan fingerprint density at radius 1 is 0.923 bits per heavy atom. The molecule has 202 valence electrons. The summed E-state index contributed by atoms with van der Waals surface area (Å²) in [5, 5.41) is 2.78. The summed E-state index contributed by atoms with van der Waals surface area (Å²) in [5.74, 6) is 1.28. The van der Waals surface area contributed by atoms with Crippen molar-refractivity contribution >= 4 is 17.2 Å². The van der Waals surface area contributed by atoms with Gasteiger partial charge in [-0.25, -0.2) is 9.37 Å². The van der Waals surface area contributed by atoms with Gasteiger partial charge in [-0.15, -0.1) is 11.3 Å². The number of carbonyl (C=O) groups is 1. The van der Waals surface area contributed by atoms with Crippen LogP contribution in [0.25, 0.3) is 0 Å². The Hall–Kier alpha value is -3.55. The number of likely N-dealkylation sites (tertiary alicyclic amines) is 1. The van der Waals surface area contributed by atoms with Crippen LogP contribution in [-0.2, 0) is 26.2 Å². The maximum Gasteiger partial charge on any atom is 0.273 e. The summed E-state index contributed by atoms with van der Waals surface area (Å²) in [7, 11) is 0. The molecule has 0 saturated carbocycles. The average Bonchev–Trinajstić information content (AvgIpc) is 3.43. The molecule has 0 radical (unpaired) electrons. The molecule has 0 bridgehead atoms. The van der Waals surface area contributed by atoms with Gasteiger partial charge in [0.15, 0.2) is 0 Å². The molecule has 2 heterocycles. The molecule has 39 heavy (non-hydrogen) atoms. The second-order valence-corrected chi connectivity index (χ2v) is 11.2. The van der Waals surface area contributed by atoms with E-state index in [4.69, 9.17) is 9.72 Å². The Morgan fingerprint density at radius 3 is 2.23 bits per heavy atom. The van der Waals surface area contributed by atoms with Gasteiger partial charge in [-0.1, -0.05) is 61.5 Å². The van der Waals surface area contributed by atoms with Crippen molar-refractivity contribution in [3.8, 4) is 5.75 Å². The van der Waals surface area contributed by atoms with Crippen molar-refractivity contribution in [1.82, 2.24) is 14.8 Å². The number of thiazole rings is 1. The lowest BCUT2D eigenvalue weighted by molar-refractivity contribution is 0.0691. The lowest BCUT2D eigenvalue weighted by atomic mass is 9.99. The summed E-state index contributed by atoms with van der Waals surface area (Å²) in [6.45, 7) is 6.28. The fraction of sp³-hybridized carbons (Fsp3) is 0.312. The molecule has 0 spiro atoms. The van der Waals surface area contributed by atoms with Crippen LogP contribution in [0.15, 0.2) is 84.2 Å². The molecule has 4 aromatic rings. The molecule has 1 aliphatic rings. The van der Waals surface area contributed by atoms with Crippen LogP contribution in [0.2, 0.25) is 0 Å². The standard InChI is InChI=1S/C32H34FN3O2S/c1-24-15-17-36(18-16-24)32(37)30-23-39-31(34-30)21-35(19-25-7-11-28(33)12-8-25)20-26-9-13-29(14-10-26)38-22-27-5-3-2-4-6-27/h2-14,23-24H,15-22H2,1H3. The van der Waals surface area contributed by atoms with Crippen LogP contribution >= 0.6 is 11.3 Å². The van der Waals surface area contributed by atoms with Crippen molar-refractivity contribution in [2.45, 2.75) is 46.0 Å². The van der Waals surface area contributed by atoms with Gasteiger partial charge in [0.2, 0.25) is 0 Å². The number of aromatic nitrogens is 1. The lowest BCUT2D eigenvalue weighted by Crippen LogP contribution is -2.38. The molecule has 0 atom stereocenters. The minimum absolute atomic E-state index is 0.0283. The topological polar surface area (TPSA) is 45.7 Å². The second kappa shape index (κ2) is 13.0. The maximum absolute atomic E-state index is 13.5. The fourth-order valence-electron chi connectivity index (χ4n) is 4.75. The van der Waals surface area contributed by atoms with Crippen LogP contribution < -0.4 is 4.74 Å². The van der Waals surface area contributed by atoms with Gasteiger partial charge >= 0.3 is 0 Å². The Labute approximate surface area is 233 Å². The van der Waals surface area contributed by atoms with Gasteiger partial charge in [0.05, 0.1) is 6.54 Å². The molecule has 0 unspecified atom stereocenters. The van der Waals surface area contributed by atoms with Gasteiger partial charge in [-0.2, -0.15) is 0 Å². The van der Waals surface area contributed by atoms with Crippen LogP contribution in [0, 0.1) is 11.7 Å². The number of rotatable bonds is 10. The number of piperidine rings is 1. The summed E-state index contributed by atoms with van der Waals surface area (Å²) >= 11 is 1.52. The summed E-state index contributed by atoms with van der Waals surface area (Å²) in [5.41, 5.74) is 3.82. The minimum atomic E-state index is -0.244. The van der Waals surface area contributed by atoms with Crippen LogP contribution in [0.4, 0.5) is 4.39 Å². The maximum atomic E-state index is 13.5. The zero-order chi connectivity index (χ0) is 27.0. The van der Waals surface area contributed by atoms with Crippen molar-refractivity contribution in [3.63, 3.8) is 0 Å². The number of benzene rings is 3. The Kier molecular flexibility index (Phi) is 9.01. The van der Waals surface area contributed by atoms with Gasteiger partial charge in [0.1, 0.15) is 28.9 Å². The van der Waals surface area contributed by atoms with Crippen molar-refractivity contribution in [2.75, 3.05) is 13.1 Å². The average molecular weight is 544 g/mol. The summed E-state index contributed by atoms with van der Waals surface area (Å²) in [6.07, 6.45) is 2.09. The Bertz CT molecular complexity index is 1330. The SMILES string of the molecule is CC1CCN(C(=O)c2csc(CN(Cc3ccc(F)cc3)Cc3ccc(OCc4ccccc4)cc3)n2)CC1. The van der Waals surface area contributed by atoms with E-state index in [9.17, 15) is 9.18 Å². The first kappa shape index (κ1) is 27.0. The van der Waals surface area contributed by atoms with E-state index < -0.39 is 0 Å². The quantitative estimate of drug-likeness (QED) is 0.217. The summed E-state index contributed by atoms with van der Waals surface area (Å²) in [4.78, 5) is 21.9. The molecule has 7 heteroatoms. The molecule has 5 nitrogen and oxygen atoms in total. The van der Waals surface area contributed by atoms with E-state index in [2.05, 4.69) is 24.0 Å². The van der Waals surface area contributed by atoms with E-state index in [0.29, 0.717) is 37.9 Å². The van der Waals surface area contributed by atoms with Crippen molar-refractivity contribution < 1.29 is 13.9 Å². The highest BCUT2D eigenvalue weighted by atomic mass is 32.1. The molecular weight excluding hydrogens is 509 g/mol. The van der Waals surface area contributed by atoms with E-state index >= 15 is 0 Å². The number of hydrogen-bond donors (Lipinski definition) is 0. The van der Waals surface area contributed by atoms with Crippen LogP contribution in [-0.4, -0.2) is 33.8 Å². The largest absolute Gasteiger partial charge is 0.489 e. The van der Waals surface area contributed by atoms with Crippen LogP contribution in [0.1, 0.15) is 52.0 Å². The van der Waals surface area contributed by atoms with Crippen molar-refractivity contribution in [2.24, 2.45) is 5.92 Å². The van der Waals surface area contributed by atoms with Crippen LogP contribution in [0.5, 0.6) is 5.75 Å². The summed E-state index contributed by atoms with van der Waals surface area (Å²) in [6, 6.07) is 24.9. The predicted octanol–water partition coefficient (Wildman–Crippen LogP) is 6.94. The Morgan fingerprint density at radius 2 is 1.56 bits per heavy atom. The van der Waals surface area contributed by atoms with E-state index in [0.717, 1.165) is 53.4 Å². The van der Waals surface area contributed by atoms with Gasteiger partial charge < -0.3 is 9.64 Å². The van der Waals surface area contributed by atoms with E-state index in [1.807, 2.05) is 64.9 Å². The molecule has 1 amide bonds. The number of amides is 1. The predicted molar refractivity (Wildman–Crippen MR) is 153 cm³/mol. The second-order valence-electron chi connectivity index (χ2n) is 10.3. The van der Waals surface area contributed by atoms with Crippen molar-refractivity contribution in [3.05, 3.63) is 117 Å². The zero-order valence-electron chi connectivity index (χ0n) is 22.3. The molecule has 0 aliphatic carbocycles. The highest BCUT2D eigenvalue weighted by Crippen LogP contribution is 2.22. The van der Waals surface area contributed by atoms with Crippen molar-refractivity contribution in [1.29, 1.82) is 0 Å². The number of carbonyl (C=O) groups excluding carboxylic acids is 1. The zero-order valence-corrected chi connectivity index (χ0v) is 23.1. The number of nitrogens with zero attached hydrogens (tertiary/aromatic N) is 3. The first-order valence-electron chi connectivity index (χ1n) is 13.5. The normalized spacial score (nSPS) is 14.1. The Balaban J connectivity index is 1.25. The third-order valence-corrected chi connectivity index (χ3v) is 7.93. The van der Waals surface area contributed by atoms with Gasteiger partial charge in [-0.3, -0.25) is 9.69 Å². The first-order valence-corrected chi connectivity index (χ1v) is 14.4. The number of hydrogen-bond acceptors (Lipinski definition) is 5. The fourth-order valence-corrected chi connectivity index (χ4v) is 5.56. The van der Waals surface area contributed by atoms with Gasteiger partial charge in [0.25, 0.3) is 5.91 Å². The molecule has 1 aromatic heterocycles. The third-order valence-electron chi connectivity index (χ3n) is 7.10. The molecule has 5 rings (SSSR count). The highest BCUT2D eigenvalue weighted by Gasteiger charge is 2.23. The van der Waals surface area contributed by atoms with Gasteiger partial charge in [0, 0.05) is 31.6 Å². The molecule has 3 aromatic carbocycles. The lowest BCUT2D eigenvalue weighted by Gasteiger charge is -2.29.